The predicted molar refractivity (Wildman–Crippen MR) is 127 cm³/mol. The van der Waals surface area contributed by atoms with Gasteiger partial charge in [0.05, 0.1) is 5.69 Å². The lowest BCUT2D eigenvalue weighted by atomic mass is 10.0. The SMILES string of the molecule is CCn1c(-c2cccnc2)nc2c(N3CCC(n4c5c([nH]c4=O)C=CCC5)CC3)ncnc21. The Balaban J connectivity index is 1.31. The number of hydrogen-bond acceptors (Lipinski definition) is 6. The summed E-state index contributed by atoms with van der Waals surface area (Å²) in [6.45, 7) is 4.49. The highest BCUT2D eigenvalue weighted by atomic mass is 16.1. The third-order valence-electron chi connectivity index (χ3n) is 6.77. The van der Waals surface area contributed by atoms with Crippen LogP contribution in [0, 0.1) is 0 Å². The van der Waals surface area contributed by atoms with Gasteiger partial charge in [0.2, 0.25) is 0 Å². The number of nitrogens with zero attached hydrogens (tertiary/aromatic N) is 7. The molecule has 1 aliphatic carbocycles. The zero-order valence-electron chi connectivity index (χ0n) is 18.6. The number of rotatable bonds is 4. The average molecular weight is 443 g/mol. The highest BCUT2D eigenvalue weighted by Crippen LogP contribution is 2.32. The topological polar surface area (TPSA) is 97.5 Å². The molecule has 4 aromatic rings. The molecule has 0 aromatic carbocycles. The molecule has 33 heavy (non-hydrogen) atoms. The van der Waals surface area contributed by atoms with E-state index in [1.165, 1.54) is 0 Å². The van der Waals surface area contributed by atoms with Crippen molar-refractivity contribution in [1.82, 2.24) is 34.1 Å². The first-order valence-corrected chi connectivity index (χ1v) is 11.6. The van der Waals surface area contributed by atoms with Crippen LogP contribution in [0.25, 0.3) is 28.6 Å². The maximum atomic E-state index is 12.7. The van der Waals surface area contributed by atoms with Crippen LogP contribution in [0.5, 0.6) is 0 Å². The Bertz CT molecular complexity index is 1390. The highest BCUT2D eigenvalue weighted by Gasteiger charge is 2.28. The molecule has 0 bridgehead atoms. The highest BCUT2D eigenvalue weighted by molar-refractivity contribution is 5.86. The molecule has 0 amide bonds. The number of H-pyrrole nitrogens is 1. The molecular weight excluding hydrogens is 416 g/mol. The summed E-state index contributed by atoms with van der Waals surface area (Å²) in [5, 5.41) is 0. The molecule has 168 valence electrons. The van der Waals surface area contributed by atoms with Gasteiger partial charge in [-0.25, -0.2) is 19.7 Å². The summed E-state index contributed by atoms with van der Waals surface area (Å²) in [5.41, 5.74) is 4.75. The first-order valence-electron chi connectivity index (χ1n) is 11.6. The van der Waals surface area contributed by atoms with Crippen LogP contribution in [0.15, 0.2) is 41.7 Å². The van der Waals surface area contributed by atoms with Crippen LogP contribution in [0.2, 0.25) is 0 Å². The standard InChI is InChI=1S/C24H26N8O/c1-2-31-21(16-6-5-11-25-14-16)29-20-22(26-15-27-23(20)31)30-12-9-17(10-13-30)32-19-8-4-3-7-18(19)28-24(32)33/h3,5-7,11,14-15,17H,2,4,8-10,12-13H2,1H3,(H,28,33). The maximum Gasteiger partial charge on any atom is 0.326 e. The van der Waals surface area contributed by atoms with Gasteiger partial charge in [-0.3, -0.25) is 9.55 Å². The third-order valence-corrected chi connectivity index (χ3v) is 6.77. The molecule has 0 saturated carbocycles. The van der Waals surface area contributed by atoms with Crippen molar-refractivity contribution in [2.45, 2.75) is 45.2 Å². The maximum absolute atomic E-state index is 12.7. The number of pyridine rings is 1. The van der Waals surface area contributed by atoms with Crippen LogP contribution in [-0.2, 0) is 13.0 Å². The predicted octanol–water partition coefficient (Wildman–Crippen LogP) is 3.20. The second-order valence-electron chi connectivity index (χ2n) is 8.61. The number of aryl methyl sites for hydroxylation is 1. The number of anilines is 1. The lowest BCUT2D eigenvalue weighted by molar-refractivity contribution is 0.379. The van der Waals surface area contributed by atoms with Gasteiger partial charge in [-0.05, 0) is 50.8 Å². The monoisotopic (exact) mass is 442 g/mol. The van der Waals surface area contributed by atoms with Crippen LogP contribution in [-0.4, -0.2) is 47.1 Å². The fourth-order valence-corrected chi connectivity index (χ4v) is 5.21. The zero-order valence-corrected chi connectivity index (χ0v) is 18.6. The van der Waals surface area contributed by atoms with E-state index in [4.69, 9.17) is 4.98 Å². The van der Waals surface area contributed by atoms with Crippen molar-refractivity contribution in [2.75, 3.05) is 18.0 Å². The second-order valence-corrected chi connectivity index (χ2v) is 8.61. The number of aromatic nitrogens is 7. The van der Waals surface area contributed by atoms with Crippen LogP contribution in [0.3, 0.4) is 0 Å². The fraction of sp³-hybridized carbons (Fsp3) is 0.375. The van der Waals surface area contributed by atoms with E-state index in [2.05, 4.69) is 42.4 Å². The van der Waals surface area contributed by atoms with Crippen molar-refractivity contribution < 1.29 is 0 Å². The molecule has 0 spiro atoms. The molecule has 2 aliphatic rings. The molecule has 1 fully saturated rings. The molecule has 9 nitrogen and oxygen atoms in total. The van der Waals surface area contributed by atoms with E-state index < -0.39 is 0 Å². The lowest BCUT2D eigenvalue weighted by Gasteiger charge is -2.33. The summed E-state index contributed by atoms with van der Waals surface area (Å²) >= 11 is 0. The minimum atomic E-state index is 0.0113. The smallest absolute Gasteiger partial charge is 0.326 e. The van der Waals surface area contributed by atoms with Gasteiger partial charge in [0.15, 0.2) is 17.0 Å². The van der Waals surface area contributed by atoms with Crippen molar-refractivity contribution in [1.29, 1.82) is 0 Å². The Labute approximate surface area is 190 Å². The number of piperidine rings is 1. The average Bonchev–Trinajstić information content (AvgIpc) is 3.41. The van der Waals surface area contributed by atoms with Gasteiger partial charge in [-0.1, -0.05) is 6.08 Å². The first kappa shape index (κ1) is 19.9. The van der Waals surface area contributed by atoms with Gasteiger partial charge in [0.25, 0.3) is 0 Å². The minimum absolute atomic E-state index is 0.0113. The molecule has 4 aromatic heterocycles. The van der Waals surface area contributed by atoms with Crippen molar-refractivity contribution >= 4 is 23.1 Å². The van der Waals surface area contributed by atoms with Gasteiger partial charge in [-0.15, -0.1) is 0 Å². The number of imidazole rings is 2. The minimum Gasteiger partial charge on any atom is -0.355 e. The Hall–Kier alpha value is -3.75. The van der Waals surface area contributed by atoms with E-state index in [0.29, 0.717) is 0 Å². The molecule has 1 saturated heterocycles. The number of fused-ring (bicyclic) bond motifs is 2. The van der Waals surface area contributed by atoms with E-state index in [-0.39, 0.29) is 11.7 Å². The second kappa shape index (κ2) is 7.99. The van der Waals surface area contributed by atoms with Crippen LogP contribution < -0.4 is 10.6 Å². The molecule has 0 unspecified atom stereocenters. The summed E-state index contributed by atoms with van der Waals surface area (Å²) in [6, 6.07) is 4.14. The van der Waals surface area contributed by atoms with Gasteiger partial charge in [0.1, 0.15) is 12.2 Å². The Morgan fingerprint density at radius 1 is 1.21 bits per heavy atom. The van der Waals surface area contributed by atoms with Gasteiger partial charge in [-0.2, -0.15) is 0 Å². The molecule has 5 heterocycles. The van der Waals surface area contributed by atoms with E-state index in [1.54, 1.807) is 12.5 Å². The number of hydrogen-bond donors (Lipinski definition) is 1. The van der Waals surface area contributed by atoms with Crippen LogP contribution >= 0.6 is 0 Å². The van der Waals surface area contributed by atoms with Gasteiger partial charge in [0, 0.05) is 49.3 Å². The molecular formula is C24H26N8O. The van der Waals surface area contributed by atoms with E-state index in [9.17, 15) is 4.79 Å². The first-order chi connectivity index (χ1) is 16.2. The zero-order chi connectivity index (χ0) is 22.4. The summed E-state index contributed by atoms with van der Waals surface area (Å²) in [4.78, 5) is 36.4. The normalized spacial score (nSPS) is 16.5. The van der Waals surface area contributed by atoms with Gasteiger partial charge >= 0.3 is 5.69 Å². The van der Waals surface area contributed by atoms with Crippen LogP contribution in [0.1, 0.15) is 43.6 Å². The quantitative estimate of drug-likeness (QED) is 0.521. The molecule has 1 aliphatic heterocycles. The molecule has 6 rings (SSSR count). The Morgan fingerprint density at radius 2 is 2.09 bits per heavy atom. The molecule has 1 N–H and O–H groups in total. The lowest BCUT2D eigenvalue weighted by Crippen LogP contribution is -2.38. The summed E-state index contributed by atoms with van der Waals surface area (Å²) < 4.78 is 4.11. The summed E-state index contributed by atoms with van der Waals surface area (Å²) in [5.74, 6) is 1.72. The van der Waals surface area contributed by atoms with Crippen molar-refractivity contribution in [3.05, 3.63) is 58.8 Å². The van der Waals surface area contributed by atoms with E-state index in [0.717, 1.165) is 85.1 Å². The number of nitrogens with one attached hydrogen (secondary N) is 1. The van der Waals surface area contributed by atoms with Crippen molar-refractivity contribution in [2.24, 2.45) is 0 Å². The molecule has 9 heteroatoms. The van der Waals surface area contributed by atoms with Crippen LogP contribution in [0.4, 0.5) is 5.82 Å². The fourth-order valence-electron chi connectivity index (χ4n) is 5.21. The molecule has 0 radical (unpaired) electrons. The summed E-state index contributed by atoms with van der Waals surface area (Å²) in [6.07, 6.45) is 13.1. The van der Waals surface area contributed by atoms with Crippen molar-refractivity contribution in [3.8, 4) is 11.4 Å². The van der Waals surface area contributed by atoms with E-state index in [1.807, 2.05) is 29.0 Å². The van der Waals surface area contributed by atoms with E-state index >= 15 is 0 Å². The number of aromatic amines is 1. The Kier molecular flexibility index (Phi) is 4.82. The number of allylic oxidation sites excluding steroid dienone is 1. The summed E-state index contributed by atoms with van der Waals surface area (Å²) in [7, 11) is 0. The largest absolute Gasteiger partial charge is 0.355 e. The van der Waals surface area contributed by atoms with Gasteiger partial charge < -0.3 is 14.5 Å². The Morgan fingerprint density at radius 3 is 2.88 bits per heavy atom. The van der Waals surface area contributed by atoms with Crippen molar-refractivity contribution in [3.63, 3.8) is 0 Å². The molecule has 0 atom stereocenters. The third kappa shape index (κ3) is 3.26.